The molecule has 0 aliphatic carbocycles. The van der Waals surface area contributed by atoms with Gasteiger partial charge < -0.3 is 15.5 Å². The molecule has 0 atom stereocenters. The van der Waals surface area contributed by atoms with E-state index in [1.807, 2.05) is 42.5 Å². The zero-order chi connectivity index (χ0) is 28.4. The number of piperidine rings is 1. The van der Waals surface area contributed by atoms with Crippen LogP contribution in [0, 0.1) is 0 Å². The van der Waals surface area contributed by atoms with Crippen molar-refractivity contribution in [2.24, 2.45) is 0 Å². The van der Waals surface area contributed by atoms with Crippen LogP contribution in [0.25, 0.3) is 0 Å². The molecule has 0 aromatic heterocycles. The van der Waals surface area contributed by atoms with Crippen LogP contribution in [-0.2, 0) is 0 Å². The van der Waals surface area contributed by atoms with Crippen LogP contribution in [0.15, 0.2) is 119 Å². The lowest BCUT2D eigenvalue weighted by Crippen LogP contribution is -2.45. The second kappa shape index (κ2) is 14.2. The molecule has 0 radical (unpaired) electrons. The van der Waals surface area contributed by atoms with E-state index in [1.54, 1.807) is 13.1 Å². The molecule has 1 heterocycles. The molecule has 1 aliphatic rings. The smallest absolute Gasteiger partial charge is 0.252 e. The predicted molar refractivity (Wildman–Crippen MR) is 167 cm³/mol. The first-order valence-electron chi connectivity index (χ1n) is 14.3. The van der Waals surface area contributed by atoms with E-state index in [2.05, 4.69) is 76.2 Å². The summed E-state index contributed by atoms with van der Waals surface area (Å²) in [5, 5.41) is 5.99. The van der Waals surface area contributed by atoms with E-state index >= 15 is 0 Å². The van der Waals surface area contributed by atoms with Crippen molar-refractivity contribution in [3.8, 4) is 0 Å². The minimum atomic E-state index is -0.138. The van der Waals surface area contributed by atoms with Gasteiger partial charge in [-0.1, -0.05) is 96.7 Å². The molecule has 210 valence electrons. The molecule has 0 bridgehead atoms. The fourth-order valence-corrected chi connectivity index (χ4v) is 6.58. The largest absolute Gasteiger partial charge is 0.355 e. The van der Waals surface area contributed by atoms with Gasteiger partial charge in [-0.3, -0.25) is 9.59 Å². The van der Waals surface area contributed by atoms with Crippen molar-refractivity contribution >= 4 is 23.6 Å². The quantitative estimate of drug-likeness (QED) is 0.228. The van der Waals surface area contributed by atoms with E-state index in [-0.39, 0.29) is 17.9 Å². The monoisotopic (exact) mass is 563 g/mol. The summed E-state index contributed by atoms with van der Waals surface area (Å²) >= 11 is 1.45. The van der Waals surface area contributed by atoms with Crippen LogP contribution >= 0.6 is 11.8 Å². The summed E-state index contributed by atoms with van der Waals surface area (Å²) in [6.45, 7) is 2.97. The molecule has 1 aliphatic heterocycles. The summed E-state index contributed by atoms with van der Waals surface area (Å²) in [4.78, 5) is 29.9. The predicted octanol–water partition coefficient (Wildman–Crippen LogP) is 6.61. The fourth-order valence-electron chi connectivity index (χ4n) is 5.51. The van der Waals surface area contributed by atoms with Gasteiger partial charge in [-0.15, -0.1) is 0 Å². The lowest BCUT2D eigenvalue weighted by Gasteiger charge is -2.33. The molecular formula is C35H37N3O2S. The van der Waals surface area contributed by atoms with Crippen LogP contribution < -0.4 is 10.6 Å². The number of nitrogens with one attached hydrogen (secondary N) is 2. The molecule has 0 unspecified atom stereocenters. The summed E-state index contributed by atoms with van der Waals surface area (Å²) in [6.07, 6.45) is 2.93. The molecule has 4 aromatic carbocycles. The van der Waals surface area contributed by atoms with Gasteiger partial charge in [-0.05, 0) is 61.2 Å². The van der Waals surface area contributed by atoms with Gasteiger partial charge in [0.05, 0.1) is 11.1 Å². The standard InChI is InChI=1S/C35H37N3O2S/c1-36-34(39)30-16-8-10-18-32(30)41-33-19-11-9-17-31(33)35(40)37-28-20-23-38(24-21-28)25-22-29(26-12-4-2-5-13-26)27-14-6-3-7-15-27/h2-19,28-29H,20-25H2,1H3,(H,36,39)(H,37,40). The highest BCUT2D eigenvalue weighted by atomic mass is 32.2. The second-order valence-corrected chi connectivity index (χ2v) is 11.5. The van der Waals surface area contributed by atoms with Crippen LogP contribution in [0.3, 0.4) is 0 Å². The summed E-state index contributed by atoms with van der Waals surface area (Å²) in [7, 11) is 1.63. The molecule has 2 amide bonds. The molecule has 2 N–H and O–H groups in total. The van der Waals surface area contributed by atoms with Crippen molar-refractivity contribution < 1.29 is 9.59 Å². The zero-order valence-electron chi connectivity index (χ0n) is 23.5. The van der Waals surface area contributed by atoms with Crippen LogP contribution in [0.2, 0.25) is 0 Å². The number of amides is 2. The SMILES string of the molecule is CNC(=O)c1ccccc1Sc1ccccc1C(=O)NC1CCN(CCC(c2ccccc2)c2ccccc2)CC1. The Labute approximate surface area is 247 Å². The number of benzene rings is 4. The van der Waals surface area contributed by atoms with Gasteiger partial charge in [0.25, 0.3) is 11.8 Å². The maximum absolute atomic E-state index is 13.4. The number of carbonyl (C=O) groups excluding carboxylic acids is 2. The van der Waals surface area contributed by atoms with Gasteiger partial charge in [0, 0.05) is 41.9 Å². The number of hydrogen-bond donors (Lipinski definition) is 2. The maximum Gasteiger partial charge on any atom is 0.252 e. The summed E-state index contributed by atoms with van der Waals surface area (Å²) < 4.78 is 0. The van der Waals surface area contributed by atoms with Crippen molar-refractivity contribution in [2.45, 2.75) is 41.0 Å². The van der Waals surface area contributed by atoms with Crippen LogP contribution in [0.1, 0.15) is 57.0 Å². The second-order valence-electron chi connectivity index (χ2n) is 10.4. The Morgan fingerprint density at radius 1 is 0.732 bits per heavy atom. The number of nitrogens with zero attached hydrogens (tertiary/aromatic N) is 1. The lowest BCUT2D eigenvalue weighted by molar-refractivity contribution is 0.0906. The van der Waals surface area contributed by atoms with Gasteiger partial charge in [-0.2, -0.15) is 0 Å². The first-order valence-corrected chi connectivity index (χ1v) is 15.1. The van der Waals surface area contributed by atoms with Crippen LogP contribution in [0.4, 0.5) is 0 Å². The maximum atomic E-state index is 13.4. The fraction of sp³-hybridized carbons (Fsp3) is 0.257. The van der Waals surface area contributed by atoms with Crippen molar-refractivity contribution in [1.29, 1.82) is 0 Å². The summed E-state index contributed by atoms with van der Waals surface area (Å²) in [5.41, 5.74) is 3.95. The third-order valence-corrected chi connectivity index (χ3v) is 8.92. The molecule has 41 heavy (non-hydrogen) atoms. The van der Waals surface area contributed by atoms with Gasteiger partial charge in [0.15, 0.2) is 0 Å². The highest BCUT2D eigenvalue weighted by Gasteiger charge is 2.24. The van der Waals surface area contributed by atoms with Crippen LogP contribution in [0.5, 0.6) is 0 Å². The molecular weight excluding hydrogens is 526 g/mol. The third kappa shape index (κ3) is 7.46. The van der Waals surface area contributed by atoms with Gasteiger partial charge in [-0.25, -0.2) is 0 Å². The summed E-state index contributed by atoms with van der Waals surface area (Å²) in [5.74, 6) is 0.176. The topological polar surface area (TPSA) is 61.4 Å². The number of carbonyl (C=O) groups is 2. The van der Waals surface area contributed by atoms with E-state index in [4.69, 9.17) is 0 Å². The first kappa shape index (κ1) is 28.7. The van der Waals surface area contributed by atoms with E-state index in [0.717, 1.165) is 48.7 Å². The van der Waals surface area contributed by atoms with Gasteiger partial charge in [0.1, 0.15) is 0 Å². The molecule has 0 saturated carbocycles. The third-order valence-electron chi connectivity index (χ3n) is 7.77. The number of rotatable bonds is 10. The van der Waals surface area contributed by atoms with Crippen molar-refractivity contribution in [1.82, 2.24) is 15.5 Å². The van der Waals surface area contributed by atoms with Crippen molar-refractivity contribution in [2.75, 3.05) is 26.7 Å². The minimum Gasteiger partial charge on any atom is -0.355 e. The minimum absolute atomic E-state index is 0.0582. The Morgan fingerprint density at radius 3 is 1.76 bits per heavy atom. The van der Waals surface area contributed by atoms with E-state index in [1.165, 1.54) is 22.9 Å². The average Bonchev–Trinajstić information content (AvgIpc) is 3.03. The Morgan fingerprint density at radius 2 is 1.22 bits per heavy atom. The molecule has 1 saturated heterocycles. The molecule has 6 heteroatoms. The Bertz CT molecular complexity index is 1400. The number of hydrogen-bond acceptors (Lipinski definition) is 4. The first-order chi connectivity index (χ1) is 20.1. The van der Waals surface area contributed by atoms with E-state index in [9.17, 15) is 9.59 Å². The molecule has 0 spiro atoms. The van der Waals surface area contributed by atoms with Gasteiger partial charge >= 0.3 is 0 Å². The number of likely N-dealkylation sites (tertiary alicyclic amines) is 1. The molecule has 5 rings (SSSR count). The highest BCUT2D eigenvalue weighted by Crippen LogP contribution is 2.33. The van der Waals surface area contributed by atoms with E-state index < -0.39 is 0 Å². The van der Waals surface area contributed by atoms with Crippen molar-refractivity contribution in [3.05, 3.63) is 131 Å². The van der Waals surface area contributed by atoms with E-state index in [0.29, 0.717) is 17.0 Å². The lowest BCUT2D eigenvalue weighted by atomic mass is 9.88. The average molecular weight is 564 g/mol. The van der Waals surface area contributed by atoms with Gasteiger partial charge in [0.2, 0.25) is 0 Å². The Hall–Kier alpha value is -3.87. The van der Waals surface area contributed by atoms with Crippen molar-refractivity contribution in [3.63, 3.8) is 0 Å². The van der Waals surface area contributed by atoms with Crippen LogP contribution in [-0.4, -0.2) is 49.4 Å². The highest BCUT2D eigenvalue weighted by molar-refractivity contribution is 7.99. The summed E-state index contributed by atoms with van der Waals surface area (Å²) in [6, 6.07) is 36.8. The zero-order valence-corrected chi connectivity index (χ0v) is 24.3. The Kier molecular flexibility index (Phi) is 9.89. The molecule has 4 aromatic rings. The Balaban J connectivity index is 1.17. The normalized spacial score (nSPS) is 14.1. The molecule has 5 nitrogen and oxygen atoms in total. The molecule has 1 fully saturated rings.